The number of fused-ring (bicyclic) bond motifs is 1. The lowest BCUT2D eigenvalue weighted by Gasteiger charge is -2.31. The predicted molar refractivity (Wildman–Crippen MR) is 115 cm³/mol. The predicted octanol–water partition coefficient (Wildman–Crippen LogP) is 4.76. The van der Waals surface area contributed by atoms with Gasteiger partial charge in [0.15, 0.2) is 5.60 Å². The van der Waals surface area contributed by atoms with E-state index in [1.54, 1.807) is 18.6 Å². The molecule has 0 spiro atoms. The number of cyclic esters (lactones) is 1. The van der Waals surface area contributed by atoms with Gasteiger partial charge in [0, 0.05) is 16.7 Å². The van der Waals surface area contributed by atoms with Crippen LogP contribution in [0.25, 0.3) is 0 Å². The molecule has 4 rings (SSSR count). The van der Waals surface area contributed by atoms with Gasteiger partial charge < -0.3 is 14.2 Å². The molecule has 6 heteroatoms. The van der Waals surface area contributed by atoms with Gasteiger partial charge in [-0.2, -0.15) is 10.5 Å². The number of carbonyl (C=O) groups excluding carboxylic acids is 1. The summed E-state index contributed by atoms with van der Waals surface area (Å²) in [7, 11) is 0. The molecule has 1 aliphatic heterocycles. The molecule has 0 amide bonds. The van der Waals surface area contributed by atoms with Crippen molar-refractivity contribution >= 4 is 5.97 Å². The normalized spacial score (nSPS) is 13.4. The lowest BCUT2D eigenvalue weighted by Crippen LogP contribution is -2.30. The minimum absolute atomic E-state index is 0.179. The molecule has 0 atom stereocenters. The van der Waals surface area contributed by atoms with Gasteiger partial charge in [-0.1, -0.05) is 54.6 Å². The van der Waals surface area contributed by atoms with Gasteiger partial charge in [0.2, 0.25) is 0 Å². The van der Waals surface area contributed by atoms with E-state index in [-0.39, 0.29) is 19.2 Å². The Labute approximate surface area is 186 Å². The molecule has 0 fully saturated rings. The molecular formula is C26H20N2O4. The van der Waals surface area contributed by atoms with Crippen molar-refractivity contribution in [2.75, 3.05) is 0 Å². The average molecular weight is 424 g/mol. The number of ether oxygens (including phenoxy) is 3. The largest absolute Gasteiger partial charge is 0.441 e. The second-order valence-corrected chi connectivity index (χ2v) is 7.66. The standard InChI is InChI=1S/C26H20N2O4/c1-17-11-21(9-7-19(17)13-30-15-27)26(24-6-4-3-5-23(24)25(29)32-26)22-10-8-20(14-31-16-28)18(2)12-22/h3-12H,13-14H2,1-2H3. The van der Waals surface area contributed by atoms with E-state index in [0.29, 0.717) is 5.56 Å². The third-order valence-corrected chi connectivity index (χ3v) is 5.85. The Hall–Kier alpha value is -4.29. The van der Waals surface area contributed by atoms with E-state index in [0.717, 1.165) is 38.9 Å². The molecule has 158 valence electrons. The number of carbonyl (C=O) groups is 1. The molecule has 0 aliphatic carbocycles. The number of benzene rings is 3. The highest BCUT2D eigenvalue weighted by Crippen LogP contribution is 2.47. The van der Waals surface area contributed by atoms with Gasteiger partial charge in [0.05, 0.1) is 5.56 Å². The summed E-state index contributed by atoms with van der Waals surface area (Å²) in [6.45, 7) is 4.23. The molecule has 0 radical (unpaired) electrons. The highest BCUT2D eigenvalue weighted by molar-refractivity contribution is 5.96. The van der Waals surface area contributed by atoms with Crippen molar-refractivity contribution < 1.29 is 19.0 Å². The molecule has 6 nitrogen and oxygen atoms in total. The van der Waals surface area contributed by atoms with Gasteiger partial charge in [-0.25, -0.2) is 4.79 Å². The maximum Gasteiger partial charge on any atom is 0.340 e. The Bertz CT molecular complexity index is 1220. The number of nitrogens with zero attached hydrogens (tertiary/aromatic N) is 2. The molecule has 1 heterocycles. The van der Waals surface area contributed by atoms with Gasteiger partial charge in [0.1, 0.15) is 13.2 Å². The van der Waals surface area contributed by atoms with Crippen molar-refractivity contribution in [3.05, 3.63) is 105 Å². The van der Waals surface area contributed by atoms with E-state index in [1.807, 2.05) is 68.4 Å². The van der Waals surface area contributed by atoms with Crippen LogP contribution < -0.4 is 0 Å². The van der Waals surface area contributed by atoms with E-state index < -0.39 is 5.60 Å². The summed E-state index contributed by atoms with van der Waals surface area (Å²) >= 11 is 0. The molecule has 32 heavy (non-hydrogen) atoms. The lowest BCUT2D eigenvalue weighted by atomic mass is 9.78. The number of esters is 1. The van der Waals surface area contributed by atoms with Crippen LogP contribution in [-0.4, -0.2) is 5.97 Å². The summed E-state index contributed by atoms with van der Waals surface area (Å²) in [6, 6.07) is 18.9. The minimum atomic E-state index is -1.12. The number of hydrogen-bond donors (Lipinski definition) is 0. The van der Waals surface area contributed by atoms with Gasteiger partial charge in [0.25, 0.3) is 12.5 Å². The SMILES string of the molecule is Cc1cc(C2(c3ccc(COC#N)c(C)c3)OC(=O)c3ccccc32)ccc1COC#N. The van der Waals surface area contributed by atoms with Crippen LogP contribution in [0.2, 0.25) is 0 Å². The van der Waals surface area contributed by atoms with Crippen LogP contribution in [0.5, 0.6) is 0 Å². The van der Waals surface area contributed by atoms with Crippen LogP contribution in [0.3, 0.4) is 0 Å². The van der Waals surface area contributed by atoms with Crippen molar-refractivity contribution in [1.29, 1.82) is 10.5 Å². The number of rotatable bonds is 6. The number of hydrogen-bond acceptors (Lipinski definition) is 6. The van der Waals surface area contributed by atoms with E-state index >= 15 is 0 Å². The molecular weight excluding hydrogens is 404 g/mol. The van der Waals surface area contributed by atoms with Crippen LogP contribution in [0.4, 0.5) is 0 Å². The van der Waals surface area contributed by atoms with Crippen molar-refractivity contribution in [1.82, 2.24) is 0 Å². The number of aryl methyl sites for hydroxylation is 2. The highest BCUT2D eigenvalue weighted by atomic mass is 16.6. The molecule has 0 N–H and O–H groups in total. The second kappa shape index (κ2) is 8.45. The third kappa shape index (κ3) is 3.42. The van der Waals surface area contributed by atoms with Crippen LogP contribution >= 0.6 is 0 Å². The minimum Gasteiger partial charge on any atom is -0.441 e. The van der Waals surface area contributed by atoms with E-state index in [4.69, 9.17) is 24.7 Å². The van der Waals surface area contributed by atoms with Crippen LogP contribution in [0.1, 0.15) is 49.3 Å². The van der Waals surface area contributed by atoms with E-state index in [2.05, 4.69) is 0 Å². The zero-order chi connectivity index (χ0) is 22.7. The van der Waals surface area contributed by atoms with E-state index in [9.17, 15) is 4.79 Å². The molecule has 3 aromatic rings. The molecule has 3 aromatic carbocycles. The quantitative estimate of drug-likeness (QED) is 0.418. The lowest BCUT2D eigenvalue weighted by molar-refractivity contribution is 0.0251. The fourth-order valence-electron chi connectivity index (χ4n) is 4.19. The Morgan fingerprint density at radius 3 is 1.88 bits per heavy atom. The molecule has 0 bridgehead atoms. The molecule has 0 saturated carbocycles. The zero-order valence-corrected chi connectivity index (χ0v) is 17.7. The molecule has 1 aliphatic rings. The fourth-order valence-corrected chi connectivity index (χ4v) is 4.19. The summed E-state index contributed by atoms with van der Waals surface area (Å²) in [4.78, 5) is 12.9. The van der Waals surface area contributed by atoms with Crippen LogP contribution in [0, 0.1) is 36.9 Å². The monoisotopic (exact) mass is 424 g/mol. The van der Waals surface area contributed by atoms with Crippen molar-refractivity contribution in [2.24, 2.45) is 0 Å². The smallest absolute Gasteiger partial charge is 0.340 e. The van der Waals surface area contributed by atoms with Crippen molar-refractivity contribution in [3.8, 4) is 12.5 Å². The molecule has 0 aromatic heterocycles. The maximum absolute atomic E-state index is 12.9. The first-order valence-corrected chi connectivity index (χ1v) is 10.1. The van der Waals surface area contributed by atoms with Gasteiger partial charge in [-0.15, -0.1) is 0 Å². The van der Waals surface area contributed by atoms with Crippen molar-refractivity contribution in [3.63, 3.8) is 0 Å². The molecule has 0 saturated heterocycles. The number of nitriles is 2. The first kappa shape index (κ1) is 21.0. The average Bonchev–Trinajstić information content (AvgIpc) is 3.11. The summed E-state index contributed by atoms with van der Waals surface area (Å²) in [6.07, 6.45) is 3.38. The fraction of sp³-hybridized carbons (Fsp3) is 0.192. The first-order valence-electron chi connectivity index (χ1n) is 10.1. The Morgan fingerprint density at radius 2 is 1.38 bits per heavy atom. The molecule has 0 unspecified atom stereocenters. The summed E-state index contributed by atoms with van der Waals surface area (Å²) < 4.78 is 15.9. The maximum atomic E-state index is 12.9. The van der Waals surface area contributed by atoms with Crippen LogP contribution in [0.15, 0.2) is 60.7 Å². The summed E-state index contributed by atoms with van der Waals surface area (Å²) in [5.74, 6) is -0.385. The van der Waals surface area contributed by atoms with E-state index in [1.165, 1.54) is 0 Å². The van der Waals surface area contributed by atoms with Crippen molar-refractivity contribution in [2.45, 2.75) is 32.7 Å². The highest BCUT2D eigenvalue weighted by Gasteiger charge is 2.48. The van der Waals surface area contributed by atoms with Gasteiger partial charge in [-0.05, 0) is 42.2 Å². The summed E-state index contributed by atoms with van der Waals surface area (Å²) in [5, 5.41) is 17.4. The third-order valence-electron chi connectivity index (χ3n) is 5.85. The Balaban J connectivity index is 1.90. The topological polar surface area (TPSA) is 92.3 Å². The Morgan fingerprint density at radius 1 is 0.844 bits per heavy atom. The second-order valence-electron chi connectivity index (χ2n) is 7.66. The first-order chi connectivity index (χ1) is 15.5. The summed E-state index contributed by atoms with van der Waals surface area (Å²) in [5.41, 5.74) is 5.38. The Kier molecular flexibility index (Phi) is 5.54. The van der Waals surface area contributed by atoms with Crippen LogP contribution in [-0.2, 0) is 33.0 Å². The van der Waals surface area contributed by atoms with Gasteiger partial charge >= 0.3 is 5.97 Å². The zero-order valence-electron chi connectivity index (χ0n) is 17.7. The van der Waals surface area contributed by atoms with Gasteiger partial charge in [-0.3, -0.25) is 0 Å².